The number of aromatic nitrogens is 3. The van der Waals surface area contributed by atoms with Gasteiger partial charge in [0.25, 0.3) is 11.5 Å². The van der Waals surface area contributed by atoms with E-state index in [0.717, 1.165) is 47.4 Å². The summed E-state index contributed by atoms with van der Waals surface area (Å²) in [6, 6.07) is 19.7. The summed E-state index contributed by atoms with van der Waals surface area (Å²) in [4.78, 5) is 36.7. The maximum atomic E-state index is 12.6. The van der Waals surface area contributed by atoms with E-state index in [1.165, 1.54) is 5.56 Å². The third-order valence-electron chi connectivity index (χ3n) is 5.58. The largest absolute Gasteiger partial charge is 0.369 e. The Labute approximate surface area is 192 Å². The van der Waals surface area contributed by atoms with Crippen molar-refractivity contribution in [1.29, 1.82) is 0 Å². The SMILES string of the molecule is Cc1cc(C(=O)NCc2nc(NCCCc3ccccc3)c3ccccc3n2)c(=O)[nH]c1C. The number of H-pyrrole nitrogens is 1. The smallest absolute Gasteiger partial charge is 0.261 e. The number of hydrogen-bond acceptors (Lipinski definition) is 5. The first-order valence-corrected chi connectivity index (χ1v) is 11.0. The molecule has 168 valence electrons. The van der Waals surface area contributed by atoms with Crippen LogP contribution >= 0.6 is 0 Å². The molecule has 33 heavy (non-hydrogen) atoms. The lowest BCUT2D eigenvalue weighted by atomic mass is 10.1. The molecule has 2 aromatic carbocycles. The number of benzene rings is 2. The lowest BCUT2D eigenvalue weighted by Gasteiger charge is -2.12. The van der Waals surface area contributed by atoms with E-state index in [0.29, 0.717) is 5.82 Å². The van der Waals surface area contributed by atoms with Crippen molar-refractivity contribution in [2.24, 2.45) is 0 Å². The molecule has 0 bridgehead atoms. The Morgan fingerprint density at radius 1 is 1.00 bits per heavy atom. The number of fused-ring (bicyclic) bond motifs is 1. The van der Waals surface area contributed by atoms with Crippen LogP contribution in [0.1, 0.15) is 39.4 Å². The maximum absolute atomic E-state index is 12.6. The van der Waals surface area contributed by atoms with E-state index < -0.39 is 11.5 Å². The van der Waals surface area contributed by atoms with Crippen LogP contribution in [0.3, 0.4) is 0 Å². The molecule has 4 rings (SSSR count). The number of anilines is 1. The van der Waals surface area contributed by atoms with Crippen molar-refractivity contribution in [3.63, 3.8) is 0 Å². The number of nitrogens with one attached hydrogen (secondary N) is 3. The van der Waals surface area contributed by atoms with Crippen molar-refractivity contribution in [3.05, 3.63) is 99.2 Å². The molecule has 7 heteroatoms. The standard InChI is InChI=1S/C26H27N5O2/c1-17-15-21(26(33)29-18(17)2)25(32)28-16-23-30-22-13-7-6-12-20(22)24(31-23)27-14-8-11-19-9-4-3-5-10-19/h3-7,9-10,12-13,15H,8,11,14,16H2,1-2H3,(H,28,32)(H,29,33)(H,27,30,31). The van der Waals surface area contributed by atoms with Gasteiger partial charge in [-0.25, -0.2) is 9.97 Å². The number of aryl methyl sites for hydroxylation is 3. The van der Waals surface area contributed by atoms with Gasteiger partial charge in [0.15, 0.2) is 5.82 Å². The Morgan fingerprint density at radius 2 is 1.76 bits per heavy atom. The molecule has 0 spiro atoms. The van der Waals surface area contributed by atoms with Crippen LogP contribution in [0.4, 0.5) is 5.82 Å². The van der Waals surface area contributed by atoms with Gasteiger partial charge in [0.1, 0.15) is 11.4 Å². The highest BCUT2D eigenvalue weighted by Crippen LogP contribution is 2.20. The summed E-state index contributed by atoms with van der Waals surface area (Å²) in [6.45, 7) is 4.54. The Kier molecular flexibility index (Phi) is 6.78. The van der Waals surface area contributed by atoms with E-state index in [9.17, 15) is 9.59 Å². The number of para-hydroxylation sites is 1. The number of pyridine rings is 1. The van der Waals surface area contributed by atoms with Gasteiger partial charge in [-0.15, -0.1) is 0 Å². The quantitative estimate of drug-likeness (QED) is 0.360. The van der Waals surface area contributed by atoms with E-state index >= 15 is 0 Å². The Bertz CT molecular complexity index is 1330. The molecule has 0 saturated carbocycles. The van der Waals surface area contributed by atoms with Crippen LogP contribution in [0.15, 0.2) is 65.5 Å². The van der Waals surface area contributed by atoms with E-state index in [4.69, 9.17) is 0 Å². The molecule has 3 N–H and O–H groups in total. The molecule has 0 atom stereocenters. The summed E-state index contributed by atoms with van der Waals surface area (Å²) in [6.07, 6.45) is 1.94. The van der Waals surface area contributed by atoms with Crippen LogP contribution in [0, 0.1) is 13.8 Å². The molecule has 1 amide bonds. The first-order valence-electron chi connectivity index (χ1n) is 11.0. The zero-order valence-electron chi connectivity index (χ0n) is 18.8. The minimum Gasteiger partial charge on any atom is -0.369 e. The number of carbonyl (C=O) groups excluding carboxylic acids is 1. The molecule has 2 heterocycles. The first-order chi connectivity index (χ1) is 16.0. The highest BCUT2D eigenvalue weighted by Gasteiger charge is 2.14. The van der Waals surface area contributed by atoms with E-state index in [1.807, 2.05) is 49.4 Å². The van der Waals surface area contributed by atoms with Gasteiger partial charge in [0, 0.05) is 17.6 Å². The van der Waals surface area contributed by atoms with Crippen LogP contribution in [-0.2, 0) is 13.0 Å². The average Bonchev–Trinajstić information content (AvgIpc) is 2.83. The highest BCUT2D eigenvalue weighted by molar-refractivity contribution is 5.94. The summed E-state index contributed by atoms with van der Waals surface area (Å²) in [5.74, 6) is 0.767. The number of hydrogen-bond donors (Lipinski definition) is 3. The normalized spacial score (nSPS) is 10.8. The molecule has 0 aliphatic rings. The summed E-state index contributed by atoms with van der Waals surface area (Å²) in [5, 5.41) is 7.12. The van der Waals surface area contributed by atoms with Gasteiger partial charge in [0.05, 0.1) is 12.1 Å². The van der Waals surface area contributed by atoms with E-state index in [1.54, 1.807) is 13.0 Å². The summed E-state index contributed by atoms with van der Waals surface area (Å²) < 4.78 is 0. The number of rotatable bonds is 8. The van der Waals surface area contributed by atoms with Crippen LogP contribution < -0.4 is 16.2 Å². The van der Waals surface area contributed by atoms with Gasteiger partial charge in [0.2, 0.25) is 0 Å². The molecule has 0 radical (unpaired) electrons. The molecule has 0 fully saturated rings. The monoisotopic (exact) mass is 441 g/mol. The van der Waals surface area contributed by atoms with Gasteiger partial charge in [-0.05, 0) is 56.0 Å². The van der Waals surface area contributed by atoms with Crippen LogP contribution in [0.2, 0.25) is 0 Å². The Hall–Kier alpha value is -4.00. The molecule has 2 aromatic heterocycles. The predicted octanol–water partition coefficient (Wildman–Crippen LogP) is 3.91. The van der Waals surface area contributed by atoms with E-state index in [-0.39, 0.29) is 12.1 Å². The number of carbonyl (C=O) groups is 1. The van der Waals surface area contributed by atoms with E-state index in [2.05, 4.69) is 37.7 Å². The fourth-order valence-corrected chi connectivity index (χ4v) is 3.63. The molecule has 0 aliphatic carbocycles. The average molecular weight is 442 g/mol. The second-order valence-electron chi connectivity index (χ2n) is 8.02. The second kappa shape index (κ2) is 10.1. The number of amides is 1. The van der Waals surface area contributed by atoms with Crippen molar-refractivity contribution < 1.29 is 4.79 Å². The lowest BCUT2D eigenvalue weighted by Crippen LogP contribution is -2.30. The van der Waals surface area contributed by atoms with Gasteiger partial charge >= 0.3 is 0 Å². The Balaban J connectivity index is 1.46. The van der Waals surface area contributed by atoms with Crippen LogP contribution in [0.25, 0.3) is 10.9 Å². The van der Waals surface area contributed by atoms with Gasteiger partial charge in [-0.3, -0.25) is 9.59 Å². The molecule has 0 unspecified atom stereocenters. The minimum absolute atomic E-state index is 0.0816. The molecule has 0 aliphatic heterocycles. The van der Waals surface area contributed by atoms with Crippen LogP contribution in [0.5, 0.6) is 0 Å². The molecular formula is C26H27N5O2. The zero-order valence-corrected chi connectivity index (χ0v) is 18.8. The minimum atomic E-state index is -0.450. The molecule has 0 saturated heterocycles. The molecule has 4 aromatic rings. The van der Waals surface area contributed by atoms with Crippen molar-refractivity contribution in [1.82, 2.24) is 20.3 Å². The van der Waals surface area contributed by atoms with Crippen molar-refractivity contribution in [2.75, 3.05) is 11.9 Å². The van der Waals surface area contributed by atoms with Crippen molar-refractivity contribution in [2.45, 2.75) is 33.2 Å². The third kappa shape index (κ3) is 5.44. The Morgan fingerprint density at radius 3 is 2.58 bits per heavy atom. The summed E-state index contributed by atoms with van der Waals surface area (Å²) in [7, 11) is 0. The topological polar surface area (TPSA) is 99.8 Å². The second-order valence-corrected chi connectivity index (χ2v) is 8.02. The molecular weight excluding hydrogens is 414 g/mol. The first kappa shape index (κ1) is 22.2. The lowest BCUT2D eigenvalue weighted by molar-refractivity contribution is 0.0948. The fraction of sp³-hybridized carbons (Fsp3) is 0.231. The van der Waals surface area contributed by atoms with Crippen LogP contribution in [-0.4, -0.2) is 27.4 Å². The van der Waals surface area contributed by atoms with Gasteiger partial charge in [-0.1, -0.05) is 42.5 Å². The predicted molar refractivity (Wildman–Crippen MR) is 130 cm³/mol. The maximum Gasteiger partial charge on any atom is 0.261 e. The fourth-order valence-electron chi connectivity index (χ4n) is 3.63. The number of nitrogens with zero attached hydrogens (tertiary/aromatic N) is 2. The summed E-state index contributed by atoms with van der Waals surface area (Å²) in [5.41, 5.74) is 3.37. The van der Waals surface area contributed by atoms with Crippen molar-refractivity contribution in [3.8, 4) is 0 Å². The van der Waals surface area contributed by atoms with Gasteiger partial charge in [-0.2, -0.15) is 0 Å². The third-order valence-corrected chi connectivity index (χ3v) is 5.58. The van der Waals surface area contributed by atoms with Gasteiger partial charge < -0.3 is 15.6 Å². The number of aromatic amines is 1. The molecule has 7 nitrogen and oxygen atoms in total. The van der Waals surface area contributed by atoms with Crippen molar-refractivity contribution >= 4 is 22.6 Å². The highest BCUT2D eigenvalue weighted by atomic mass is 16.2. The zero-order chi connectivity index (χ0) is 23.2. The summed E-state index contributed by atoms with van der Waals surface area (Å²) >= 11 is 0.